The van der Waals surface area contributed by atoms with Crippen molar-refractivity contribution in [1.29, 1.82) is 0 Å². The van der Waals surface area contributed by atoms with Crippen LogP contribution in [-0.2, 0) is 25.6 Å². The zero-order valence-electron chi connectivity index (χ0n) is 16.9. The highest BCUT2D eigenvalue weighted by Gasteiger charge is 2.28. The summed E-state index contributed by atoms with van der Waals surface area (Å²) in [7, 11) is 0. The van der Waals surface area contributed by atoms with E-state index in [-0.39, 0.29) is 25.7 Å². The van der Waals surface area contributed by atoms with Gasteiger partial charge in [0, 0.05) is 6.42 Å². The molecule has 30 heavy (non-hydrogen) atoms. The number of aliphatic carboxylic acids is 1. The van der Waals surface area contributed by atoms with Gasteiger partial charge >= 0.3 is 5.97 Å². The largest absolute Gasteiger partial charge is 0.480 e. The van der Waals surface area contributed by atoms with Gasteiger partial charge in [-0.15, -0.1) is 0 Å². The van der Waals surface area contributed by atoms with Crippen molar-refractivity contribution in [3.8, 4) is 0 Å². The molecule has 0 aliphatic carbocycles. The van der Waals surface area contributed by atoms with Gasteiger partial charge in [0.2, 0.25) is 17.7 Å². The Morgan fingerprint density at radius 3 is 2.13 bits per heavy atom. The summed E-state index contributed by atoms with van der Waals surface area (Å²) in [5.41, 5.74) is 17.4. The van der Waals surface area contributed by atoms with E-state index in [0.717, 1.165) is 5.56 Å². The Labute approximate surface area is 175 Å². The molecule has 3 amide bonds. The first-order chi connectivity index (χ1) is 14.2. The maximum Gasteiger partial charge on any atom is 0.326 e. The molecule has 3 atom stereocenters. The Morgan fingerprint density at radius 2 is 1.57 bits per heavy atom. The number of hydrogen-bond donors (Lipinski definition) is 6. The van der Waals surface area contributed by atoms with Gasteiger partial charge in [0.25, 0.3) is 0 Å². The fraction of sp³-hybridized carbons (Fsp3) is 0.500. The van der Waals surface area contributed by atoms with Crippen LogP contribution in [-0.4, -0.2) is 53.5 Å². The van der Waals surface area contributed by atoms with E-state index in [0.29, 0.717) is 19.4 Å². The van der Waals surface area contributed by atoms with Crippen LogP contribution in [0.25, 0.3) is 0 Å². The fourth-order valence-electron chi connectivity index (χ4n) is 2.82. The van der Waals surface area contributed by atoms with Crippen molar-refractivity contribution in [3.05, 3.63) is 35.9 Å². The van der Waals surface area contributed by atoms with Crippen LogP contribution in [0.1, 0.15) is 37.7 Å². The SMILES string of the molecule is NCCCC[C@H](NC(=O)[C@H](CCC(N)=O)NC(=O)[C@@H](N)Cc1ccccc1)C(=O)O. The van der Waals surface area contributed by atoms with Crippen LogP contribution in [0, 0.1) is 0 Å². The number of benzene rings is 1. The van der Waals surface area contributed by atoms with Crippen molar-refractivity contribution in [2.45, 2.75) is 56.7 Å². The fourth-order valence-corrected chi connectivity index (χ4v) is 2.82. The number of carboxylic acid groups (broad SMARTS) is 1. The summed E-state index contributed by atoms with van der Waals surface area (Å²) >= 11 is 0. The second-order valence-corrected chi connectivity index (χ2v) is 7.05. The minimum absolute atomic E-state index is 0.0693. The number of carbonyl (C=O) groups is 4. The van der Waals surface area contributed by atoms with Gasteiger partial charge in [-0.25, -0.2) is 4.79 Å². The predicted octanol–water partition coefficient (Wildman–Crippen LogP) is -0.995. The highest BCUT2D eigenvalue weighted by molar-refractivity contribution is 5.92. The molecule has 0 heterocycles. The van der Waals surface area contributed by atoms with E-state index in [9.17, 15) is 24.3 Å². The van der Waals surface area contributed by atoms with Crippen LogP contribution in [0.5, 0.6) is 0 Å². The monoisotopic (exact) mass is 421 g/mol. The summed E-state index contributed by atoms with van der Waals surface area (Å²) in [6.07, 6.45) is 1.37. The molecule has 0 spiro atoms. The van der Waals surface area contributed by atoms with Crippen molar-refractivity contribution in [3.63, 3.8) is 0 Å². The first kappa shape index (κ1) is 25.1. The van der Waals surface area contributed by atoms with Gasteiger partial charge in [0.05, 0.1) is 6.04 Å². The molecule has 0 saturated heterocycles. The van der Waals surface area contributed by atoms with E-state index in [1.54, 1.807) is 0 Å². The number of nitrogens with two attached hydrogens (primary N) is 3. The maximum atomic E-state index is 12.6. The minimum atomic E-state index is -1.19. The second-order valence-electron chi connectivity index (χ2n) is 7.05. The van der Waals surface area contributed by atoms with E-state index in [1.165, 1.54) is 0 Å². The van der Waals surface area contributed by atoms with Gasteiger partial charge < -0.3 is 32.9 Å². The first-order valence-electron chi connectivity index (χ1n) is 9.86. The highest BCUT2D eigenvalue weighted by atomic mass is 16.4. The van der Waals surface area contributed by atoms with Crippen molar-refractivity contribution in [2.24, 2.45) is 17.2 Å². The molecule has 0 unspecified atom stereocenters. The maximum absolute atomic E-state index is 12.6. The topological polar surface area (TPSA) is 191 Å². The molecule has 0 aromatic heterocycles. The molecular formula is C20H31N5O5. The summed E-state index contributed by atoms with van der Waals surface area (Å²) in [6, 6.07) is 5.94. The highest BCUT2D eigenvalue weighted by Crippen LogP contribution is 2.06. The Morgan fingerprint density at radius 1 is 0.933 bits per heavy atom. The molecule has 0 saturated carbocycles. The molecule has 0 aliphatic rings. The van der Waals surface area contributed by atoms with Crippen molar-refractivity contribution in [2.75, 3.05) is 6.54 Å². The zero-order chi connectivity index (χ0) is 22.5. The molecule has 10 heteroatoms. The Kier molecular flexibility index (Phi) is 11.1. The Hall–Kier alpha value is -2.98. The number of rotatable bonds is 14. The molecule has 10 nitrogen and oxygen atoms in total. The number of primary amides is 1. The quantitative estimate of drug-likeness (QED) is 0.208. The van der Waals surface area contributed by atoms with E-state index in [1.807, 2.05) is 30.3 Å². The third-order valence-corrected chi connectivity index (χ3v) is 4.51. The zero-order valence-corrected chi connectivity index (χ0v) is 16.9. The number of amides is 3. The molecular weight excluding hydrogens is 390 g/mol. The average Bonchev–Trinajstić information content (AvgIpc) is 2.70. The first-order valence-corrected chi connectivity index (χ1v) is 9.86. The van der Waals surface area contributed by atoms with E-state index in [2.05, 4.69) is 10.6 Å². The lowest BCUT2D eigenvalue weighted by Gasteiger charge is -2.22. The summed E-state index contributed by atoms with van der Waals surface area (Å²) in [6.45, 7) is 0.414. The third-order valence-electron chi connectivity index (χ3n) is 4.51. The van der Waals surface area contributed by atoms with Crippen LogP contribution >= 0.6 is 0 Å². The van der Waals surface area contributed by atoms with Gasteiger partial charge in [0.15, 0.2) is 0 Å². The van der Waals surface area contributed by atoms with E-state index >= 15 is 0 Å². The second kappa shape index (κ2) is 13.3. The van der Waals surface area contributed by atoms with Gasteiger partial charge in [-0.1, -0.05) is 30.3 Å². The number of unbranched alkanes of at least 4 members (excludes halogenated alkanes) is 1. The summed E-state index contributed by atoms with van der Waals surface area (Å²) in [5, 5.41) is 14.2. The summed E-state index contributed by atoms with van der Waals surface area (Å²) in [5.74, 6) is -3.13. The smallest absolute Gasteiger partial charge is 0.326 e. The molecule has 0 bridgehead atoms. The van der Waals surface area contributed by atoms with Gasteiger partial charge in [0.1, 0.15) is 12.1 Å². The molecule has 0 radical (unpaired) electrons. The van der Waals surface area contributed by atoms with E-state index < -0.39 is 41.8 Å². The van der Waals surface area contributed by atoms with E-state index in [4.69, 9.17) is 17.2 Å². The third kappa shape index (κ3) is 9.48. The molecule has 0 fully saturated rings. The average molecular weight is 421 g/mol. The Balaban J connectivity index is 2.77. The van der Waals surface area contributed by atoms with Crippen molar-refractivity contribution >= 4 is 23.7 Å². The van der Waals surface area contributed by atoms with Gasteiger partial charge in [-0.05, 0) is 44.2 Å². The molecule has 9 N–H and O–H groups in total. The lowest BCUT2D eigenvalue weighted by molar-refractivity contribution is -0.142. The molecule has 1 rings (SSSR count). The number of carbonyl (C=O) groups excluding carboxylic acids is 3. The molecule has 1 aromatic rings. The van der Waals surface area contributed by atoms with Crippen LogP contribution in [0.3, 0.4) is 0 Å². The molecule has 166 valence electrons. The summed E-state index contributed by atoms with van der Waals surface area (Å²) in [4.78, 5) is 47.7. The predicted molar refractivity (Wildman–Crippen MR) is 111 cm³/mol. The number of nitrogens with one attached hydrogen (secondary N) is 2. The number of hydrogen-bond acceptors (Lipinski definition) is 6. The van der Waals surface area contributed by atoms with Crippen LogP contribution in [0.4, 0.5) is 0 Å². The molecule has 1 aromatic carbocycles. The summed E-state index contributed by atoms with van der Waals surface area (Å²) < 4.78 is 0. The number of carboxylic acids is 1. The van der Waals surface area contributed by atoms with Crippen LogP contribution < -0.4 is 27.8 Å². The van der Waals surface area contributed by atoms with Crippen molar-refractivity contribution in [1.82, 2.24) is 10.6 Å². The lowest BCUT2D eigenvalue weighted by Crippen LogP contribution is -2.55. The Bertz CT molecular complexity index is 713. The van der Waals surface area contributed by atoms with Crippen molar-refractivity contribution < 1.29 is 24.3 Å². The van der Waals surface area contributed by atoms with Gasteiger partial charge in [-0.3, -0.25) is 14.4 Å². The van der Waals surface area contributed by atoms with Crippen LogP contribution in [0.15, 0.2) is 30.3 Å². The lowest BCUT2D eigenvalue weighted by atomic mass is 10.0. The standard InChI is InChI=1S/C20H31N5O5/c21-11-5-4-8-16(20(29)30)25-19(28)15(9-10-17(23)26)24-18(27)14(22)12-13-6-2-1-3-7-13/h1-3,6-7,14-16H,4-5,8-12,21-22H2,(H2,23,26)(H,24,27)(H,25,28)(H,29,30)/t14-,15-,16-/m0/s1. The molecule has 0 aliphatic heterocycles. The minimum Gasteiger partial charge on any atom is -0.480 e. The van der Waals surface area contributed by atoms with Crippen LogP contribution in [0.2, 0.25) is 0 Å². The van der Waals surface area contributed by atoms with Gasteiger partial charge in [-0.2, -0.15) is 0 Å². The normalized spacial score (nSPS) is 13.7.